The van der Waals surface area contributed by atoms with Crippen molar-refractivity contribution in [1.82, 2.24) is 10.4 Å². The zero-order valence-electron chi connectivity index (χ0n) is 18.0. The molecule has 31 heavy (non-hydrogen) atoms. The summed E-state index contributed by atoms with van der Waals surface area (Å²) in [5.74, 6) is -1.00. The van der Waals surface area contributed by atoms with Crippen molar-refractivity contribution in [3.8, 4) is 0 Å². The van der Waals surface area contributed by atoms with Gasteiger partial charge in [0.15, 0.2) is 0 Å². The van der Waals surface area contributed by atoms with Crippen LogP contribution in [0, 0.1) is 0 Å². The van der Waals surface area contributed by atoms with Crippen molar-refractivity contribution < 1.29 is 19.6 Å². The van der Waals surface area contributed by atoms with Crippen molar-refractivity contribution in [3.63, 3.8) is 0 Å². The van der Waals surface area contributed by atoms with E-state index in [4.69, 9.17) is 10.0 Å². The highest BCUT2D eigenvalue weighted by Crippen LogP contribution is 2.31. The van der Waals surface area contributed by atoms with Crippen molar-refractivity contribution in [2.75, 3.05) is 25.3 Å². The Morgan fingerprint density at radius 1 is 0.903 bits per heavy atom. The molecule has 3 aromatic rings. The number of hydrogen-bond acceptors (Lipinski definition) is 5. The third-order valence-electron chi connectivity index (χ3n) is 5.36. The maximum atomic E-state index is 13.2. The van der Waals surface area contributed by atoms with Gasteiger partial charge in [0, 0.05) is 23.1 Å². The van der Waals surface area contributed by atoms with E-state index < -0.39 is 5.91 Å². The van der Waals surface area contributed by atoms with Gasteiger partial charge in [-0.1, -0.05) is 44.2 Å². The zero-order chi connectivity index (χ0) is 22.4. The summed E-state index contributed by atoms with van der Waals surface area (Å²) in [6.45, 7) is 7.02. The first-order valence-electron chi connectivity index (χ1n) is 10.2. The first kappa shape index (κ1) is 22.4. The average Bonchev–Trinajstić information content (AvgIpc) is 2.82. The fraction of sp³-hybridized carbons (Fsp3) is 0.250. The van der Waals surface area contributed by atoms with E-state index in [1.54, 1.807) is 5.48 Å². The molecule has 0 fully saturated rings. The molecule has 0 aliphatic heterocycles. The molecule has 2 amide bonds. The zero-order valence-corrected chi connectivity index (χ0v) is 18.0. The van der Waals surface area contributed by atoms with Crippen LogP contribution in [0.15, 0.2) is 60.7 Å². The summed E-state index contributed by atoms with van der Waals surface area (Å²) in [5, 5.41) is 12.0. The third kappa shape index (κ3) is 4.74. The lowest BCUT2D eigenvalue weighted by Gasteiger charge is -2.23. The smallest absolute Gasteiger partial charge is 0.282 e. The lowest BCUT2D eigenvalue weighted by molar-refractivity contribution is 0.0705. The molecule has 7 nitrogen and oxygen atoms in total. The second-order valence-corrected chi connectivity index (χ2v) is 7.05. The quantitative estimate of drug-likeness (QED) is 0.424. The number of hydroxylamine groups is 2. The number of amides is 2. The molecular formula is C24H27N3O4. The van der Waals surface area contributed by atoms with Crippen LogP contribution in [0.3, 0.4) is 0 Å². The predicted octanol–water partition coefficient (Wildman–Crippen LogP) is 4.01. The molecule has 3 rings (SSSR count). The number of nitrogens with one attached hydrogen (secondary N) is 1. The maximum absolute atomic E-state index is 13.2. The molecule has 3 aromatic carbocycles. The highest BCUT2D eigenvalue weighted by Gasteiger charge is 2.21. The number of carbonyl (C=O) groups excluding carboxylic acids is 2. The van der Waals surface area contributed by atoms with Crippen molar-refractivity contribution in [2.45, 2.75) is 20.4 Å². The van der Waals surface area contributed by atoms with Crippen LogP contribution in [0.2, 0.25) is 0 Å². The largest absolute Gasteiger partial charge is 0.300 e. The van der Waals surface area contributed by atoms with Gasteiger partial charge in [0.2, 0.25) is 0 Å². The lowest BCUT2D eigenvalue weighted by atomic mass is 10.0. The summed E-state index contributed by atoms with van der Waals surface area (Å²) in [4.78, 5) is 32.5. The van der Waals surface area contributed by atoms with Crippen LogP contribution >= 0.6 is 0 Å². The minimum Gasteiger partial charge on any atom is -0.300 e. The summed E-state index contributed by atoms with van der Waals surface area (Å²) in [6.07, 6.45) is 0. The molecule has 0 saturated heterocycles. The Morgan fingerprint density at radius 2 is 1.52 bits per heavy atom. The molecule has 0 atom stereocenters. The van der Waals surface area contributed by atoms with E-state index in [1.807, 2.05) is 24.3 Å². The Hall–Kier alpha value is -3.26. The van der Waals surface area contributed by atoms with Crippen molar-refractivity contribution in [3.05, 3.63) is 77.4 Å². The highest BCUT2D eigenvalue weighted by atomic mass is 16.7. The number of hydrogen-bond donors (Lipinski definition) is 2. The molecular weight excluding hydrogens is 394 g/mol. The molecule has 0 bridgehead atoms. The van der Waals surface area contributed by atoms with Gasteiger partial charge in [-0.05, 0) is 54.4 Å². The highest BCUT2D eigenvalue weighted by molar-refractivity contribution is 6.10. The number of rotatable bonds is 8. The van der Waals surface area contributed by atoms with Gasteiger partial charge in [0.1, 0.15) is 0 Å². The van der Waals surface area contributed by atoms with Crippen LogP contribution < -0.4 is 10.5 Å². The van der Waals surface area contributed by atoms with Gasteiger partial charge in [0.25, 0.3) is 11.8 Å². The van der Waals surface area contributed by atoms with Crippen molar-refractivity contribution in [1.29, 1.82) is 0 Å². The van der Waals surface area contributed by atoms with E-state index in [-0.39, 0.29) is 11.5 Å². The number of fused-ring (bicyclic) bond motifs is 1. The van der Waals surface area contributed by atoms with Crippen molar-refractivity contribution in [2.24, 2.45) is 0 Å². The second kappa shape index (κ2) is 10.2. The maximum Gasteiger partial charge on any atom is 0.282 e. The van der Waals surface area contributed by atoms with Crippen LogP contribution in [0.1, 0.15) is 40.1 Å². The molecule has 162 valence electrons. The van der Waals surface area contributed by atoms with Gasteiger partial charge >= 0.3 is 0 Å². The molecule has 0 radical (unpaired) electrons. The summed E-state index contributed by atoms with van der Waals surface area (Å²) < 4.78 is 0. The number of anilines is 1. The Balaban J connectivity index is 1.98. The summed E-state index contributed by atoms with van der Waals surface area (Å²) in [6, 6.07) is 17.9. The molecule has 0 unspecified atom stereocenters. The van der Waals surface area contributed by atoms with Crippen molar-refractivity contribution >= 4 is 28.3 Å². The first-order valence-corrected chi connectivity index (χ1v) is 10.2. The van der Waals surface area contributed by atoms with Crippen LogP contribution in [-0.4, -0.2) is 42.1 Å². The summed E-state index contributed by atoms with van der Waals surface area (Å²) in [7, 11) is 1.45. The molecule has 0 aliphatic carbocycles. The van der Waals surface area contributed by atoms with E-state index in [2.05, 4.69) is 30.9 Å². The van der Waals surface area contributed by atoms with E-state index >= 15 is 0 Å². The topological polar surface area (TPSA) is 82.1 Å². The van der Waals surface area contributed by atoms with E-state index in [9.17, 15) is 9.59 Å². The SMILES string of the molecule is CCN(CC)Cc1cccc2c(N(OC)C(=O)c3ccc(C(=O)NO)cc3)cccc12. The third-order valence-corrected chi connectivity index (χ3v) is 5.36. The van der Waals surface area contributed by atoms with Crippen LogP contribution in [0.5, 0.6) is 0 Å². The molecule has 0 spiro atoms. The Kier molecular flexibility index (Phi) is 7.36. The van der Waals surface area contributed by atoms with Gasteiger partial charge in [-0.3, -0.25) is 24.5 Å². The van der Waals surface area contributed by atoms with Crippen LogP contribution in [-0.2, 0) is 11.4 Å². The van der Waals surface area contributed by atoms with E-state index in [1.165, 1.54) is 42.0 Å². The van der Waals surface area contributed by atoms with E-state index in [0.717, 1.165) is 30.4 Å². The Labute approximate surface area is 181 Å². The molecule has 0 aromatic heterocycles. The van der Waals surface area contributed by atoms with Gasteiger partial charge < -0.3 is 0 Å². The standard InChI is InChI=1S/C24H27N3O4/c1-4-26(5-2)16-19-8-6-10-21-20(19)9-7-11-22(21)27(31-3)24(29)18-14-12-17(13-15-18)23(28)25-30/h6-15,30H,4-5,16H2,1-3H3,(H,25,28). The van der Waals surface area contributed by atoms with Gasteiger partial charge in [-0.25, -0.2) is 5.48 Å². The Bertz CT molecular complexity index is 1060. The minimum absolute atomic E-state index is 0.245. The van der Waals surface area contributed by atoms with Gasteiger partial charge in [-0.15, -0.1) is 0 Å². The molecule has 0 heterocycles. The predicted molar refractivity (Wildman–Crippen MR) is 120 cm³/mol. The number of carbonyl (C=O) groups is 2. The monoisotopic (exact) mass is 421 g/mol. The molecule has 2 N–H and O–H groups in total. The lowest BCUT2D eigenvalue weighted by Crippen LogP contribution is -2.30. The molecule has 0 aliphatic rings. The fourth-order valence-corrected chi connectivity index (χ4v) is 3.60. The van der Waals surface area contributed by atoms with Gasteiger partial charge in [-0.2, -0.15) is 5.06 Å². The van der Waals surface area contributed by atoms with Gasteiger partial charge in [0.05, 0.1) is 12.8 Å². The first-order chi connectivity index (χ1) is 15.0. The normalized spacial score (nSPS) is 11.0. The second-order valence-electron chi connectivity index (χ2n) is 7.05. The summed E-state index contributed by atoms with van der Waals surface area (Å²) >= 11 is 0. The van der Waals surface area contributed by atoms with Crippen LogP contribution in [0.4, 0.5) is 5.69 Å². The minimum atomic E-state index is -0.641. The number of nitrogens with zero attached hydrogens (tertiary/aromatic N) is 2. The fourth-order valence-electron chi connectivity index (χ4n) is 3.60. The van der Waals surface area contributed by atoms with E-state index in [0.29, 0.717) is 11.3 Å². The number of benzene rings is 3. The summed E-state index contributed by atoms with van der Waals surface area (Å²) in [5.41, 5.74) is 4.00. The average molecular weight is 421 g/mol. The Morgan fingerprint density at radius 3 is 2.13 bits per heavy atom. The molecule has 7 heteroatoms. The molecule has 0 saturated carbocycles. The van der Waals surface area contributed by atoms with Crippen LogP contribution in [0.25, 0.3) is 10.8 Å².